The van der Waals surface area contributed by atoms with Crippen molar-refractivity contribution >= 4 is 32.8 Å². The van der Waals surface area contributed by atoms with Gasteiger partial charge in [0.2, 0.25) is 17.6 Å². The third-order valence-corrected chi connectivity index (χ3v) is 10.3. The molecular formula is C25H36N8O4S. The highest BCUT2D eigenvalue weighted by Gasteiger charge is 2.31. The first-order valence-electron chi connectivity index (χ1n) is 13.8. The minimum atomic E-state index is -3.04. The van der Waals surface area contributed by atoms with E-state index < -0.39 is 15.6 Å². The number of nitrogens with one attached hydrogen (secondary N) is 2. The summed E-state index contributed by atoms with van der Waals surface area (Å²) in [5, 5.41) is 6.15. The van der Waals surface area contributed by atoms with E-state index in [4.69, 9.17) is 19.5 Å². The molecule has 1 saturated heterocycles. The Kier molecular flexibility index (Phi) is 6.65. The molecule has 0 spiro atoms. The van der Waals surface area contributed by atoms with Crippen molar-refractivity contribution in [2.75, 3.05) is 34.8 Å². The van der Waals surface area contributed by atoms with Crippen LogP contribution in [0, 0.1) is 17.8 Å². The van der Waals surface area contributed by atoms with Gasteiger partial charge >= 0.3 is 5.76 Å². The number of sulfone groups is 1. The van der Waals surface area contributed by atoms with E-state index in [0.29, 0.717) is 36.4 Å². The largest absolute Gasteiger partial charge is 0.460 e. The van der Waals surface area contributed by atoms with E-state index in [9.17, 15) is 13.2 Å². The molecule has 3 aromatic heterocycles. The zero-order chi connectivity index (χ0) is 26.4. The number of aromatic amines is 1. The van der Waals surface area contributed by atoms with Crippen LogP contribution < -0.4 is 16.0 Å². The highest BCUT2D eigenvalue weighted by molar-refractivity contribution is 7.91. The fourth-order valence-corrected chi connectivity index (χ4v) is 7.13. The lowest BCUT2D eigenvalue weighted by Crippen LogP contribution is -2.41. The van der Waals surface area contributed by atoms with Crippen molar-refractivity contribution in [3.63, 3.8) is 0 Å². The van der Waals surface area contributed by atoms with Crippen LogP contribution in [0.2, 0.25) is 0 Å². The lowest BCUT2D eigenvalue weighted by molar-refractivity contribution is 0.266. The average molecular weight is 545 g/mol. The maximum Gasteiger partial charge on any atom is 0.460 e. The predicted octanol–water partition coefficient (Wildman–Crippen LogP) is 2.83. The minimum absolute atomic E-state index is 0.109. The zero-order valence-electron chi connectivity index (χ0n) is 22.0. The summed E-state index contributed by atoms with van der Waals surface area (Å²) in [4.78, 5) is 32.0. The Morgan fingerprint density at radius 2 is 1.79 bits per heavy atom. The van der Waals surface area contributed by atoms with E-state index in [1.807, 2.05) is 0 Å². The summed E-state index contributed by atoms with van der Waals surface area (Å²) in [7, 11) is -3.04. The van der Waals surface area contributed by atoms with Gasteiger partial charge in [-0.3, -0.25) is 0 Å². The van der Waals surface area contributed by atoms with Gasteiger partial charge in [-0.05, 0) is 50.4 Å². The lowest BCUT2D eigenvalue weighted by atomic mass is 9.80. The molecule has 3 aromatic rings. The number of hydrogen-bond acceptors (Lipinski definition) is 10. The maximum absolute atomic E-state index is 12.2. The van der Waals surface area contributed by atoms with Gasteiger partial charge in [0, 0.05) is 25.7 Å². The van der Waals surface area contributed by atoms with Crippen LogP contribution in [-0.2, 0) is 16.4 Å². The SMILES string of the molecule is C[C@@H](Nc1nc(-c2nc(=O)o[nH]2)nc2nc(N3CCS(=O)(=O)CC3)n(C[C@H]3CC[C@H](C)CC3)c12)C1CCC1. The monoisotopic (exact) mass is 544 g/mol. The molecule has 2 N–H and O–H groups in total. The van der Waals surface area contributed by atoms with E-state index in [-0.39, 0.29) is 29.2 Å². The van der Waals surface area contributed by atoms with Gasteiger partial charge in [-0.15, -0.1) is 4.98 Å². The first-order chi connectivity index (χ1) is 18.3. The number of hydrogen-bond donors (Lipinski definition) is 2. The minimum Gasteiger partial charge on any atom is -0.365 e. The van der Waals surface area contributed by atoms with Gasteiger partial charge in [0.25, 0.3) is 0 Å². The fraction of sp³-hybridized carbons (Fsp3) is 0.720. The summed E-state index contributed by atoms with van der Waals surface area (Å²) >= 11 is 0. The summed E-state index contributed by atoms with van der Waals surface area (Å²) in [6.45, 7) is 6.06. The number of H-pyrrole nitrogens is 1. The Hall–Kier alpha value is -2.96. The van der Waals surface area contributed by atoms with Crippen LogP contribution in [0.1, 0.15) is 58.8 Å². The smallest absolute Gasteiger partial charge is 0.365 e. The Labute approximate surface area is 221 Å². The lowest BCUT2D eigenvalue weighted by Gasteiger charge is -2.33. The van der Waals surface area contributed by atoms with Crippen molar-refractivity contribution in [3.05, 3.63) is 10.6 Å². The molecule has 38 heavy (non-hydrogen) atoms. The van der Waals surface area contributed by atoms with Gasteiger partial charge < -0.3 is 19.3 Å². The van der Waals surface area contributed by atoms with Crippen LogP contribution in [0.25, 0.3) is 22.8 Å². The molecule has 0 radical (unpaired) electrons. The molecule has 13 heteroatoms. The van der Waals surface area contributed by atoms with Gasteiger partial charge in [0.15, 0.2) is 21.3 Å². The first-order valence-corrected chi connectivity index (χ1v) is 15.6. The van der Waals surface area contributed by atoms with Gasteiger partial charge in [-0.2, -0.15) is 10.1 Å². The van der Waals surface area contributed by atoms with Crippen LogP contribution in [0.5, 0.6) is 0 Å². The second kappa shape index (κ2) is 9.97. The van der Waals surface area contributed by atoms with Crippen LogP contribution in [0.4, 0.5) is 11.8 Å². The third-order valence-electron chi connectivity index (χ3n) is 8.66. The highest BCUT2D eigenvalue weighted by Crippen LogP contribution is 2.36. The predicted molar refractivity (Wildman–Crippen MR) is 144 cm³/mol. The molecule has 0 bridgehead atoms. The van der Waals surface area contributed by atoms with E-state index in [1.165, 1.54) is 32.1 Å². The first kappa shape index (κ1) is 25.3. The van der Waals surface area contributed by atoms with E-state index in [1.54, 1.807) is 0 Å². The Morgan fingerprint density at radius 3 is 2.42 bits per heavy atom. The van der Waals surface area contributed by atoms with Crippen molar-refractivity contribution in [3.8, 4) is 11.6 Å². The molecule has 1 aliphatic heterocycles. The molecule has 12 nitrogen and oxygen atoms in total. The summed E-state index contributed by atoms with van der Waals surface area (Å²) in [5.74, 6) is 3.05. The van der Waals surface area contributed by atoms with Crippen molar-refractivity contribution in [1.29, 1.82) is 0 Å². The molecule has 206 valence electrons. The average Bonchev–Trinajstić information content (AvgIpc) is 3.43. The standard InChI is InChI=1S/C25H36N8O4S/c1-15-6-8-17(9-7-15)14-33-19-20(26-16(2)18-4-3-5-18)27-22(23-30-25(34)37-31-23)28-21(19)29-24(33)32-10-12-38(35,36)13-11-32/h15-18H,3-14H2,1-2H3,(H,26,27,28)(H,30,31,34)/t15-,16-,17-/m1/s1. The Balaban J connectivity index is 1.46. The van der Waals surface area contributed by atoms with Gasteiger partial charge in [-0.25, -0.2) is 23.2 Å². The van der Waals surface area contributed by atoms with Gasteiger partial charge in [0.05, 0.1) is 11.5 Å². The van der Waals surface area contributed by atoms with E-state index >= 15 is 0 Å². The second-order valence-electron chi connectivity index (χ2n) is 11.4. The molecule has 1 atom stereocenters. The van der Waals surface area contributed by atoms with Crippen LogP contribution in [0.15, 0.2) is 9.32 Å². The second-order valence-corrected chi connectivity index (χ2v) is 13.7. The highest BCUT2D eigenvalue weighted by atomic mass is 32.2. The Bertz CT molecular complexity index is 1450. The van der Waals surface area contributed by atoms with Crippen LogP contribution in [-0.4, -0.2) is 68.7 Å². The molecule has 6 rings (SSSR count). The third kappa shape index (κ3) is 5.04. The molecule has 0 aromatic carbocycles. The molecule has 3 aliphatic rings. The van der Waals surface area contributed by atoms with Crippen LogP contribution in [0.3, 0.4) is 0 Å². The maximum atomic E-state index is 12.2. The number of aromatic nitrogens is 6. The number of fused-ring (bicyclic) bond motifs is 1. The number of anilines is 2. The van der Waals surface area contributed by atoms with Crippen LogP contribution >= 0.6 is 0 Å². The molecule has 3 fully saturated rings. The van der Waals surface area contributed by atoms with E-state index in [0.717, 1.165) is 36.8 Å². The number of imidazole rings is 1. The van der Waals surface area contributed by atoms with Crippen molar-refractivity contribution in [2.45, 2.75) is 71.4 Å². The molecule has 0 amide bonds. The summed E-state index contributed by atoms with van der Waals surface area (Å²) in [6, 6.07) is 0.202. The summed E-state index contributed by atoms with van der Waals surface area (Å²) in [5.41, 5.74) is 1.31. The normalized spacial score (nSPS) is 24.8. The van der Waals surface area contributed by atoms with Crippen molar-refractivity contribution in [2.24, 2.45) is 17.8 Å². The molecule has 0 unspecified atom stereocenters. The fourth-order valence-electron chi connectivity index (χ4n) is 5.93. The molecule has 2 aliphatic carbocycles. The van der Waals surface area contributed by atoms with Crippen molar-refractivity contribution in [1.82, 2.24) is 29.7 Å². The Morgan fingerprint density at radius 1 is 1.05 bits per heavy atom. The molecular weight excluding hydrogens is 508 g/mol. The van der Waals surface area contributed by atoms with Crippen molar-refractivity contribution < 1.29 is 12.9 Å². The van der Waals surface area contributed by atoms with Gasteiger partial charge in [0.1, 0.15) is 5.52 Å². The summed E-state index contributed by atoms with van der Waals surface area (Å²) in [6.07, 6.45) is 8.31. The topological polar surface area (TPSA) is 152 Å². The zero-order valence-corrected chi connectivity index (χ0v) is 22.8. The molecule has 4 heterocycles. The van der Waals surface area contributed by atoms with Gasteiger partial charge in [-0.1, -0.05) is 26.2 Å². The quantitative estimate of drug-likeness (QED) is 0.454. The summed E-state index contributed by atoms with van der Waals surface area (Å²) < 4.78 is 31.3. The van der Waals surface area contributed by atoms with E-state index in [2.05, 4.69) is 38.8 Å². The number of nitrogens with zero attached hydrogens (tertiary/aromatic N) is 6. The number of rotatable bonds is 7. The molecule has 2 saturated carbocycles.